The highest BCUT2D eigenvalue weighted by Crippen LogP contribution is 2.28. The molecule has 2 aromatic rings. The van der Waals surface area contributed by atoms with Crippen molar-refractivity contribution in [3.8, 4) is 0 Å². The van der Waals surface area contributed by atoms with E-state index in [2.05, 4.69) is 31.2 Å². The highest BCUT2D eigenvalue weighted by molar-refractivity contribution is 9.10. The monoisotopic (exact) mass is 339 g/mol. The lowest BCUT2D eigenvalue weighted by Gasteiger charge is -2.35. The number of anilines is 2. The topological polar surface area (TPSA) is 65.7 Å². The summed E-state index contributed by atoms with van der Waals surface area (Å²) in [7, 11) is 1.87. The molecule has 3 rings (SSSR count). The van der Waals surface area contributed by atoms with Crippen LogP contribution < -0.4 is 10.2 Å². The summed E-state index contributed by atoms with van der Waals surface area (Å²) in [6.45, 7) is 1.10. The molecule has 1 aliphatic heterocycles. The molecule has 2 N–H and O–H groups in total. The predicted octanol–water partition coefficient (Wildman–Crippen LogP) is 1.88. The first-order chi connectivity index (χ1) is 9.74. The van der Waals surface area contributed by atoms with Gasteiger partial charge in [0, 0.05) is 19.7 Å². The molecule has 0 bridgehead atoms. The first-order valence-electron chi connectivity index (χ1n) is 6.84. The second-order valence-corrected chi connectivity index (χ2v) is 5.86. The molecule has 0 aliphatic carbocycles. The van der Waals surface area contributed by atoms with Gasteiger partial charge in [0.1, 0.15) is 11.6 Å². The first-order valence-corrected chi connectivity index (χ1v) is 7.63. The van der Waals surface area contributed by atoms with Gasteiger partial charge < -0.3 is 15.3 Å². The Labute approximate surface area is 125 Å². The van der Waals surface area contributed by atoms with Crippen LogP contribution in [0.2, 0.25) is 0 Å². The first kappa shape index (κ1) is 13.6. The number of aliphatic hydroxyl groups is 1. The third-order valence-electron chi connectivity index (χ3n) is 3.80. The van der Waals surface area contributed by atoms with E-state index in [4.69, 9.17) is 4.98 Å². The molecule has 3 heterocycles. The van der Waals surface area contributed by atoms with E-state index in [0.717, 1.165) is 41.1 Å². The summed E-state index contributed by atoms with van der Waals surface area (Å²) < 4.78 is 2.64. The van der Waals surface area contributed by atoms with Crippen molar-refractivity contribution in [2.75, 3.05) is 30.4 Å². The van der Waals surface area contributed by atoms with E-state index in [9.17, 15) is 5.11 Å². The number of hydrogen-bond donors (Lipinski definition) is 2. The number of piperidine rings is 1. The van der Waals surface area contributed by atoms with Gasteiger partial charge in [-0.25, -0.2) is 4.98 Å². The van der Waals surface area contributed by atoms with Crippen molar-refractivity contribution in [2.45, 2.75) is 25.3 Å². The summed E-state index contributed by atoms with van der Waals surface area (Å²) in [5, 5.41) is 17.0. The van der Waals surface area contributed by atoms with E-state index in [1.54, 1.807) is 10.7 Å². The minimum absolute atomic E-state index is 0.158. The number of hydrogen-bond acceptors (Lipinski definition) is 5. The predicted molar refractivity (Wildman–Crippen MR) is 82.3 cm³/mol. The molecule has 0 spiro atoms. The van der Waals surface area contributed by atoms with E-state index in [0.29, 0.717) is 0 Å². The zero-order valence-electron chi connectivity index (χ0n) is 11.4. The second-order valence-electron chi connectivity index (χ2n) is 5.00. The van der Waals surface area contributed by atoms with Gasteiger partial charge in [0.2, 0.25) is 0 Å². The van der Waals surface area contributed by atoms with E-state index >= 15 is 0 Å². The molecule has 0 radical (unpaired) electrons. The standard InChI is InChI=1S/C13H18BrN5O/c1-15-11-6-12(17-13-10(14)7-16-19(11)13)18-5-3-2-4-9(18)8-20/h6-7,9,15,20H,2-5,8H2,1H3. The smallest absolute Gasteiger partial charge is 0.173 e. The average molecular weight is 340 g/mol. The molecule has 2 aromatic heterocycles. The van der Waals surface area contributed by atoms with E-state index in [1.807, 2.05) is 13.1 Å². The van der Waals surface area contributed by atoms with Crippen LogP contribution in [0.3, 0.4) is 0 Å². The van der Waals surface area contributed by atoms with Gasteiger partial charge in [-0.15, -0.1) is 0 Å². The lowest BCUT2D eigenvalue weighted by molar-refractivity contribution is 0.239. The highest BCUT2D eigenvalue weighted by atomic mass is 79.9. The van der Waals surface area contributed by atoms with Crippen molar-refractivity contribution < 1.29 is 5.11 Å². The summed E-state index contributed by atoms with van der Waals surface area (Å²) in [6, 6.07) is 2.14. The van der Waals surface area contributed by atoms with Crippen LogP contribution in [0.1, 0.15) is 19.3 Å². The Bertz CT molecular complexity index is 614. The summed E-state index contributed by atoms with van der Waals surface area (Å²) in [5.74, 6) is 1.78. The third-order valence-corrected chi connectivity index (χ3v) is 4.36. The Hall–Kier alpha value is -1.34. The van der Waals surface area contributed by atoms with Crippen molar-refractivity contribution in [1.29, 1.82) is 0 Å². The Balaban J connectivity index is 2.08. The van der Waals surface area contributed by atoms with E-state index in [-0.39, 0.29) is 12.6 Å². The average Bonchev–Trinajstić information content (AvgIpc) is 2.88. The number of fused-ring (bicyclic) bond motifs is 1. The van der Waals surface area contributed by atoms with E-state index < -0.39 is 0 Å². The molecule has 7 heteroatoms. The Morgan fingerprint density at radius 1 is 1.50 bits per heavy atom. The van der Waals surface area contributed by atoms with Crippen LogP contribution >= 0.6 is 15.9 Å². The number of aromatic nitrogens is 3. The van der Waals surface area contributed by atoms with Crippen LogP contribution in [0.5, 0.6) is 0 Å². The molecule has 6 nitrogen and oxygen atoms in total. The Kier molecular flexibility index (Phi) is 3.80. The van der Waals surface area contributed by atoms with Crippen LogP contribution in [0.25, 0.3) is 5.65 Å². The molecule has 0 amide bonds. The fourth-order valence-corrected chi connectivity index (χ4v) is 3.09. The van der Waals surface area contributed by atoms with Gasteiger partial charge in [-0.2, -0.15) is 9.61 Å². The maximum Gasteiger partial charge on any atom is 0.173 e. The Morgan fingerprint density at radius 3 is 3.10 bits per heavy atom. The molecule has 0 saturated carbocycles. The number of nitrogens with zero attached hydrogens (tertiary/aromatic N) is 4. The number of aliphatic hydroxyl groups excluding tert-OH is 1. The SMILES string of the molecule is CNc1cc(N2CCCCC2CO)nc2c(Br)cnn12. The van der Waals surface area contributed by atoms with Crippen molar-refractivity contribution >= 4 is 33.2 Å². The molecule has 1 aliphatic rings. The van der Waals surface area contributed by atoms with Crippen LogP contribution in [-0.2, 0) is 0 Å². The van der Waals surface area contributed by atoms with Crippen molar-refractivity contribution in [2.24, 2.45) is 0 Å². The van der Waals surface area contributed by atoms with Crippen molar-refractivity contribution in [3.63, 3.8) is 0 Å². The van der Waals surface area contributed by atoms with Gasteiger partial charge in [0.25, 0.3) is 0 Å². The highest BCUT2D eigenvalue weighted by Gasteiger charge is 2.24. The number of nitrogens with one attached hydrogen (secondary N) is 1. The largest absolute Gasteiger partial charge is 0.394 e. The van der Waals surface area contributed by atoms with Gasteiger partial charge in [-0.05, 0) is 35.2 Å². The second kappa shape index (κ2) is 5.57. The minimum atomic E-state index is 0.158. The van der Waals surface area contributed by atoms with Crippen LogP contribution in [-0.4, -0.2) is 45.9 Å². The summed E-state index contributed by atoms with van der Waals surface area (Å²) in [4.78, 5) is 6.89. The maximum absolute atomic E-state index is 9.57. The fraction of sp³-hybridized carbons (Fsp3) is 0.538. The molecule has 0 aromatic carbocycles. The number of rotatable bonds is 3. The number of halogens is 1. The van der Waals surface area contributed by atoms with Crippen LogP contribution in [0, 0.1) is 0 Å². The molecule has 1 unspecified atom stereocenters. The molecule has 1 fully saturated rings. The quantitative estimate of drug-likeness (QED) is 0.893. The molecule has 20 heavy (non-hydrogen) atoms. The van der Waals surface area contributed by atoms with Gasteiger partial charge in [0.05, 0.1) is 23.3 Å². The van der Waals surface area contributed by atoms with Crippen molar-refractivity contribution in [1.82, 2.24) is 14.6 Å². The summed E-state index contributed by atoms with van der Waals surface area (Å²) in [6.07, 6.45) is 5.06. The normalized spacial score (nSPS) is 19.6. The van der Waals surface area contributed by atoms with Gasteiger partial charge in [-0.3, -0.25) is 0 Å². The Morgan fingerprint density at radius 2 is 2.35 bits per heavy atom. The third kappa shape index (κ3) is 2.25. The lowest BCUT2D eigenvalue weighted by Crippen LogP contribution is -2.42. The van der Waals surface area contributed by atoms with Crippen LogP contribution in [0.4, 0.5) is 11.6 Å². The van der Waals surface area contributed by atoms with Gasteiger partial charge in [0.15, 0.2) is 5.65 Å². The van der Waals surface area contributed by atoms with Crippen molar-refractivity contribution in [3.05, 3.63) is 16.7 Å². The maximum atomic E-state index is 9.57. The molecule has 1 atom stereocenters. The van der Waals surface area contributed by atoms with Gasteiger partial charge in [-0.1, -0.05) is 0 Å². The summed E-state index contributed by atoms with van der Waals surface area (Å²) in [5.41, 5.74) is 0.786. The molecule has 108 valence electrons. The zero-order chi connectivity index (χ0) is 14.1. The molecular formula is C13H18BrN5O. The summed E-state index contributed by atoms with van der Waals surface area (Å²) >= 11 is 3.48. The van der Waals surface area contributed by atoms with Gasteiger partial charge >= 0.3 is 0 Å². The fourth-order valence-electron chi connectivity index (χ4n) is 2.74. The zero-order valence-corrected chi connectivity index (χ0v) is 13.0. The molecule has 1 saturated heterocycles. The minimum Gasteiger partial charge on any atom is -0.394 e. The lowest BCUT2D eigenvalue weighted by atomic mass is 10.0. The van der Waals surface area contributed by atoms with E-state index in [1.165, 1.54) is 6.42 Å². The molecular weight excluding hydrogens is 322 g/mol. The van der Waals surface area contributed by atoms with Crippen LogP contribution in [0.15, 0.2) is 16.7 Å².